The first-order valence-electron chi connectivity index (χ1n) is 5.46. The second kappa shape index (κ2) is 4.78. The molecule has 2 rings (SSSR count). The van der Waals surface area contributed by atoms with Gasteiger partial charge in [-0.1, -0.05) is 17.7 Å². The van der Waals surface area contributed by atoms with Crippen LogP contribution in [0.3, 0.4) is 0 Å². The quantitative estimate of drug-likeness (QED) is 0.855. The Morgan fingerprint density at radius 1 is 1.06 bits per heavy atom. The van der Waals surface area contributed by atoms with E-state index >= 15 is 0 Å². The molecule has 1 heterocycles. The van der Waals surface area contributed by atoms with Crippen molar-refractivity contribution < 1.29 is 4.79 Å². The van der Waals surface area contributed by atoms with E-state index in [4.69, 9.17) is 0 Å². The third-order valence-electron chi connectivity index (χ3n) is 2.47. The number of hydrogen-bond donors (Lipinski definition) is 1. The molecule has 0 fully saturated rings. The number of nitrogens with one attached hydrogen (secondary N) is 1. The Kier molecular flexibility index (Phi) is 3.19. The van der Waals surface area contributed by atoms with Crippen molar-refractivity contribution >= 4 is 11.7 Å². The fourth-order valence-corrected chi connectivity index (χ4v) is 1.50. The predicted octanol–water partition coefficient (Wildman–Crippen LogP) is 2.95. The highest BCUT2D eigenvalue weighted by Crippen LogP contribution is 2.09. The molecule has 0 aliphatic heterocycles. The van der Waals surface area contributed by atoms with Crippen molar-refractivity contribution in [1.82, 2.24) is 4.98 Å². The maximum Gasteiger partial charge on any atom is 0.256 e. The van der Waals surface area contributed by atoms with E-state index in [2.05, 4.69) is 10.3 Å². The standard InChI is InChI=1S/C14H14N2O/c1-10-3-5-12(6-4-10)14(17)16-13-9-11(2)7-8-15-13/h3-9H,1-2H3,(H,15,16,17). The first kappa shape index (κ1) is 11.3. The van der Waals surface area contributed by atoms with Gasteiger partial charge in [-0.25, -0.2) is 4.98 Å². The molecule has 0 spiro atoms. The van der Waals surface area contributed by atoms with E-state index in [0.717, 1.165) is 11.1 Å². The zero-order chi connectivity index (χ0) is 12.3. The van der Waals surface area contributed by atoms with Crippen LogP contribution >= 0.6 is 0 Å². The number of benzene rings is 1. The number of aromatic nitrogens is 1. The van der Waals surface area contributed by atoms with Gasteiger partial charge in [0.15, 0.2) is 0 Å². The molecule has 0 saturated carbocycles. The van der Waals surface area contributed by atoms with Crippen LogP contribution in [0.1, 0.15) is 21.5 Å². The number of hydrogen-bond acceptors (Lipinski definition) is 2. The van der Waals surface area contributed by atoms with Gasteiger partial charge in [0.05, 0.1) is 0 Å². The van der Waals surface area contributed by atoms with Crippen LogP contribution in [0.2, 0.25) is 0 Å². The number of rotatable bonds is 2. The first-order valence-corrected chi connectivity index (χ1v) is 5.46. The summed E-state index contributed by atoms with van der Waals surface area (Å²) in [6.07, 6.45) is 1.68. The molecule has 0 aliphatic carbocycles. The van der Waals surface area contributed by atoms with Gasteiger partial charge in [-0.05, 0) is 43.7 Å². The highest BCUT2D eigenvalue weighted by molar-refractivity contribution is 6.03. The molecule has 0 bridgehead atoms. The highest BCUT2D eigenvalue weighted by atomic mass is 16.1. The summed E-state index contributed by atoms with van der Waals surface area (Å²) in [6, 6.07) is 11.2. The van der Waals surface area contributed by atoms with Gasteiger partial charge in [0.2, 0.25) is 0 Å². The van der Waals surface area contributed by atoms with Crippen molar-refractivity contribution in [1.29, 1.82) is 0 Å². The smallest absolute Gasteiger partial charge is 0.256 e. The predicted molar refractivity (Wildman–Crippen MR) is 68.1 cm³/mol. The number of aryl methyl sites for hydroxylation is 2. The summed E-state index contributed by atoms with van der Waals surface area (Å²) in [4.78, 5) is 16.0. The van der Waals surface area contributed by atoms with Crippen LogP contribution in [0.15, 0.2) is 42.6 Å². The lowest BCUT2D eigenvalue weighted by atomic mass is 10.1. The molecule has 3 heteroatoms. The van der Waals surface area contributed by atoms with Crippen LogP contribution in [0, 0.1) is 13.8 Å². The summed E-state index contributed by atoms with van der Waals surface area (Å²) in [6.45, 7) is 3.95. The van der Waals surface area contributed by atoms with E-state index in [9.17, 15) is 4.79 Å². The minimum atomic E-state index is -0.136. The number of pyridine rings is 1. The molecule has 2 aromatic rings. The number of carbonyl (C=O) groups excluding carboxylic acids is 1. The summed E-state index contributed by atoms with van der Waals surface area (Å²) >= 11 is 0. The van der Waals surface area contributed by atoms with E-state index in [1.165, 1.54) is 0 Å². The number of anilines is 1. The molecule has 3 nitrogen and oxygen atoms in total. The summed E-state index contributed by atoms with van der Waals surface area (Å²) in [5.74, 6) is 0.443. The van der Waals surface area contributed by atoms with Gasteiger partial charge in [-0.3, -0.25) is 4.79 Å². The average Bonchev–Trinajstić information content (AvgIpc) is 2.29. The van der Waals surface area contributed by atoms with Crippen LogP contribution in [0.5, 0.6) is 0 Å². The minimum Gasteiger partial charge on any atom is -0.307 e. The SMILES string of the molecule is Cc1ccc(C(=O)Nc2cc(C)ccn2)cc1. The molecule has 1 aromatic heterocycles. The monoisotopic (exact) mass is 226 g/mol. The zero-order valence-corrected chi connectivity index (χ0v) is 9.90. The van der Waals surface area contributed by atoms with E-state index < -0.39 is 0 Å². The van der Waals surface area contributed by atoms with Gasteiger partial charge in [0.1, 0.15) is 5.82 Å². The Morgan fingerprint density at radius 2 is 1.76 bits per heavy atom. The minimum absolute atomic E-state index is 0.136. The fraction of sp³-hybridized carbons (Fsp3) is 0.143. The van der Waals surface area contributed by atoms with Crippen molar-refractivity contribution in [2.75, 3.05) is 5.32 Å². The molecular weight excluding hydrogens is 212 g/mol. The van der Waals surface area contributed by atoms with Gasteiger partial charge in [-0.15, -0.1) is 0 Å². The van der Waals surface area contributed by atoms with Crippen molar-refractivity contribution in [2.45, 2.75) is 13.8 Å². The summed E-state index contributed by atoms with van der Waals surface area (Å²) in [5, 5.41) is 2.77. The lowest BCUT2D eigenvalue weighted by Gasteiger charge is -2.05. The topological polar surface area (TPSA) is 42.0 Å². The fourth-order valence-electron chi connectivity index (χ4n) is 1.50. The Morgan fingerprint density at radius 3 is 2.41 bits per heavy atom. The second-order valence-corrected chi connectivity index (χ2v) is 4.04. The van der Waals surface area contributed by atoms with Crippen molar-refractivity contribution in [3.05, 3.63) is 59.3 Å². The molecule has 0 atom stereocenters. The molecule has 1 N–H and O–H groups in total. The maximum atomic E-state index is 11.9. The van der Waals surface area contributed by atoms with E-state index in [-0.39, 0.29) is 5.91 Å². The van der Waals surface area contributed by atoms with Crippen LogP contribution in [-0.2, 0) is 0 Å². The van der Waals surface area contributed by atoms with Crippen LogP contribution in [0.25, 0.3) is 0 Å². The second-order valence-electron chi connectivity index (χ2n) is 4.04. The molecule has 0 unspecified atom stereocenters. The van der Waals surface area contributed by atoms with E-state index in [1.807, 2.05) is 38.1 Å². The maximum absolute atomic E-state index is 11.9. The normalized spacial score (nSPS) is 10.0. The Bertz CT molecular complexity index is 532. The van der Waals surface area contributed by atoms with Crippen molar-refractivity contribution in [3.63, 3.8) is 0 Å². The van der Waals surface area contributed by atoms with Crippen LogP contribution in [0.4, 0.5) is 5.82 Å². The summed E-state index contributed by atoms with van der Waals surface area (Å²) in [5.41, 5.74) is 2.84. The molecule has 0 aliphatic rings. The van der Waals surface area contributed by atoms with Crippen LogP contribution in [-0.4, -0.2) is 10.9 Å². The third kappa shape index (κ3) is 2.91. The van der Waals surface area contributed by atoms with Crippen molar-refractivity contribution in [3.8, 4) is 0 Å². The van der Waals surface area contributed by atoms with Crippen molar-refractivity contribution in [2.24, 2.45) is 0 Å². The zero-order valence-electron chi connectivity index (χ0n) is 9.90. The molecule has 86 valence electrons. The van der Waals surface area contributed by atoms with E-state index in [1.54, 1.807) is 18.3 Å². The molecule has 0 saturated heterocycles. The highest BCUT2D eigenvalue weighted by Gasteiger charge is 2.05. The largest absolute Gasteiger partial charge is 0.307 e. The lowest BCUT2D eigenvalue weighted by molar-refractivity contribution is 0.102. The number of nitrogens with zero attached hydrogens (tertiary/aromatic N) is 1. The third-order valence-corrected chi connectivity index (χ3v) is 2.47. The first-order chi connectivity index (χ1) is 8.15. The average molecular weight is 226 g/mol. The van der Waals surface area contributed by atoms with E-state index in [0.29, 0.717) is 11.4 Å². The number of amides is 1. The molecule has 0 radical (unpaired) electrons. The van der Waals surface area contributed by atoms with Gasteiger partial charge >= 0.3 is 0 Å². The van der Waals surface area contributed by atoms with Gasteiger partial charge in [0, 0.05) is 11.8 Å². The summed E-state index contributed by atoms with van der Waals surface area (Å²) < 4.78 is 0. The van der Waals surface area contributed by atoms with Gasteiger partial charge in [0.25, 0.3) is 5.91 Å². The Balaban J connectivity index is 2.14. The number of carbonyl (C=O) groups is 1. The molecule has 1 aromatic carbocycles. The lowest BCUT2D eigenvalue weighted by Crippen LogP contribution is -2.12. The van der Waals surface area contributed by atoms with Gasteiger partial charge in [-0.2, -0.15) is 0 Å². The summed E-state index contributed by atoms with van der Waals surface area (Å²) in [7, 11) is 0. The Labute approximate surface area is 101 Å². The molecule has 1 amide bonds. The van der Waals surface area contributed by atoms with Crippen LogP contribution < -0.4 is 5.32 Å². The molecule has 17 heavy (non-hydrogen) atoms. The molecular formula is C14H14N2O. The van der Waals surface area contributed by atoms with Gasteiger partial charge < -0.3 is 5.32 Å². The Hall–Kier alpha value is -2.16.